The minimum atomic E-state index is -1.04. The number of aryl methyl sites for hydroxylation is 2. The lowest BCUT2D eigenvalue weighted by molar-refractivity contribution is -0.142. The number of aliphatic hydroxyl groups is 1. The van der Waals surface area contributed by atoms with Crippen LogP contribution in [0.1, 0.15) is 69.7 Å². The Bertz CT molecular complexity index is 825. The van der Waals surface area contributed by atoms with Crippen LogP contribution in [0.5, 0.6) is 0 Å². The summed E-state index contributed by atoms with van der Waals surface area (Å²) in [5, 5.41) is 15.2. The Kier molecular flexibility index (Phi) is 12.4. The van der Waals surface area contributed by atoms with Crippen molar-refractivity contribution in [3.63, 3.8) is 0 Å². The molecule has 1 rings (SSSR count). The van der Waals surface area contributed by atoms with Crippen molar-refractivity contribution < 1.29 is 24.2 Å². The molecule has 1 aromatic carbocycles. The molecule has 2 atom stereocenters. The normalized spacial score (nSPS) is 13.1. The van der Waals surface area contributed by atoms with E-state index in [1.807, 2.05) is 32.0 Å². The first-order valence-corrected chi connectivity index (χ1v) is 12.4. The number of rotatable bonds is 12. The van der Waals surface area contributed by atoms with Crippen molar-refractivity contribution in [1.82, 2.24) is 15.5 Å². The van der Waals surface area contributed by atoms with E-state index < -0.39 is 29.7 Å². The Balaban J connectivity index is 3.29. The summed E-state index contributed by atoms with van der Waals surface area (Å²) < 4.78 is 5.27. The number of benzene rings is 1. The summed E-state index contributed by atoms with van der Waals surface area (Å²) in [5.74, 6) is -0.865. The van der Waals surface area contributed by atoms with Crippen LogP contribution in [-0.2, 0) is 14.3 Å². The second-order valence-corrected chi connectivity index (χ2v) is 9.75. The molecule has 0 saturated heterocycles. The van der Waals surface area contributed by atoms with Gasteiger partial charge in [0.1, 0.15) is 17.7 Å². The molecule has 0 heterocycles. The molecule has 1 aromatic rings. The number of alkyl carbamates (subject to hydrolysis) is 1. The predicted molar refractivity (Wildman–Crippen MR) is 137 cm³/mol. The van der Waals surface area contributed by atoms with Crippen molar-refractivity contribution in [2.75, 3.05) is 25.4 Å². The molecule has 34 heavy (non-hydrogen) atoms. The monoisotopic (exact) mass is 495 g/mol. The van der Waals surface area contributed by atoms with Crippen LogP contribution in [0.2, 0.25) is 0 Å². The van der Waals surface area contributed by atoms with Crippen molar-refractivity contribution in [2.45, 2.75) is 78.5 Å². The summed E-state index contributed by atoms with van der Waals surface area (Å²) in [6, 6.07) is 3.58. The number of unbranched alkanes of at least 4 members (excludes halogenated alkanes) is 2. The molecule has 0 aliphatic carbocycles. The Morgan fingerprint density at radius 3 is 2.35 bits per heavy atom. The van der Waals surface area contributed by atoms with Crippen LogP contribution >= 0.6 is 12.6 Å². The molecule has 0 aliphatic heterocycles. The van der Waals surface area contributed by atoms with Crippen molar-refractivity contribution in [2.24, 2.45) is 0 Å². The molecule has 0 saturated carbocycles. The van der Waals surface area contributed by atoms with Gasteiger partial charge >= 0.3 is 6.09 Å². The fourth-order valence-electron chi connectivity index (χ4n) is 3.40. The van der Waals surface area contributed by atoms with Gasteiger partial charge < -0.3 is 25.4 Å². The van der Waals surface area contributed by atoms with E-state index in [1.54, 1.807) is 20.8 Å². The maximum atomic E-state index is 13.5. The van der Waals surface area contributed by atoms with Crippen molar-refractivity contribution in [3.8, 4) is 0 Å². The summed E-state index contributed by atoms with van der Waals surface area (Å²) >= 11 is 4.24. The van der Waals surface area contributed by atoms with Gasteiger partial charge in [-0.3, -0.25) is 9.59 Å². The molecular weight excluding hydrogens is 454 g/mol. The fourth-order valence-corrected chi connectivity index (χ4v) is 3.65. The molecule has 9 heteroatoms. The van der Waals surface area contributed by atoms with Crippen LogP contribution in [0.4, 0.5) is 4.79 Å². The number of amides is 3. The van der Waals surface area contributed by atoms with Gasteiger partial charge in [-0.05, 0) is 57.7 Å². The number of nitrogens with one attached hydrogen (secondary N) is 2. The van der Waals surface area contributed by atoms with Gasteiger partial charge in [0.2, 0.25) is 11.8 Å². The maximum absolute atomic E-state index is 13.5. The average Bonchev–Trinajstić information content (AvgIpc) is 2.75. The first-order valence-electron chi connectivity index (χ1n) is 11.8. The lowest BCUT2D eigenvalue weighted by atomic mass is 9.98. The quantitative estimate of drug-likeness (QED) is 0.263. The molecule has 8 nitrogen and oxygen atoms in total. The lowest BCUT2D eigenvalue weighted by Crippen LogP contribution is -2.54. The van der Waals surface area contributed by atoms with E-state index >= 15 is 0 Å². The summed E-state index contributed by atoms with van der Waals surface area (Å²) in [7, 11) is 0. The second-order valence-electron chi connectivity index (χ2n) is 9.38. The van der Waals surface area contributed by atoms with Crippen LogP contribution in [0.3, 0.4) is 0 Å². The van der Waals surface area contributed by atoms with E-state index in [-0.39, 0.29) is 24.8 Å². The number of nitrogens with zero attached hydrogens (tertiary/aromatic N) is 1. The number of hydrogen-bond donors (Lipinski definition) is 4. The highest BCUT2D eigenvalue weighted by atomic mass is 32.1. The molecule has 0 aromatic heterocycles. The van der Waals surface area contributed by atoms with Gasteiger partial charge in [-0.25, -0.2) is 4.79 Å². The van der Waals surface area contributed by atoms with Crippen LogP contribution < -0.4 is 10.6 Å². The Morgan fingerprint density at radius 2 is 1.82 bits per heavy atom. The summed E-state index contributed by atoms with van der Waals surface area (Å²) in [5.41, 5.74) is 1.94. The number of ether oxygens (including phenoxy) is 1. The number of hydrogen-bond acceptors (Lipinski definition) is 6. The second kappa shape index (κ2) is 14.2. The molecule has 0 aliphatic rings. The maximum Gasteiger partial charge on any atom is 0.408 e. The lowest BCUT2D eigenvalue weighted by Gasteiger charge is -2.34. The highest BCUT2D eigenvalue weighted by molar-refractivity contribution is 7.80. The highest BCUT2D eigenvalue weighted by Gasteiger charge is 2.35. The number of thiol groups is 1. The number of carbonyl (C=O) groups is 3. The van der Waals surface area contributed by atoms with Crippen LogP contribution in [0, 0.1) is 13.8 Å². The number of aliphatic hydroxyl groups excluding tert-OH is 1. The van der Waals surface area contributed by atoms with E-state index in [0.717, 1.165) is 30.4 Å². The Morgan fingerprint density at radius 1 is 1.15 bits per heavy atom. The minimum Gasteiger partial charge on any atom is -0.444 e. The smallest absolute Gasteiger partial charge is 0.408 e. The van der Waals surface area contributed by atoms with Crippen LogP contribution in [-0.4, -0.2) is 65.0 Å². The standard InChI is InChI=1S/C25H41N3O5S/c1-7-8-9-12-26-22(30)21(19-11-10-17(2)18(3)15-19)28(13-14-29)23(31)20(16-34)27-24(32)33-25(4,5)6/h10-11,15,20-21,29,34H,7-9,12-14,16H2,1-6H3,(H,26,30)(H,27,32). The van der Waals surface area contributed by atoms with Crippen molar-refractivity contribution in [3.05, 3.63) is 34.9 Å². The zero-order valence-electron chi connectivity index (χ0n) is 21.3. The first-order chi connectivity index (χ1) is 15.9. The molecule has 3 amide bonds. The van der Waals surface area contributed by atoms with E-state index in [1.165, 1.54) is 4.90 Å². The van der Waals surface area contributed by atoms with Gasteiger partial charge in [0, 0.05) is 18.8 Å². The van der Waals surface area contributed by atoms with Crippen molar-refractivity contribution >= 4 is 30.5 Å². The van der Waals surface area contributed by atoms with E-state index in [0.29, 0.717) is 12.1 Å². The average molecular weight is 496 g/mol. The van der Waals surface area contributed by atoms with Crippen molar-refractivity contribution in [1.29, 1.82) is 0 Å². The van der Waals surface area contributed by atoms with Gasteiger partial charge in [-0.2, -0.15) is 12.6 Å². The first kappa shape index (κ1) is 29.8. The highest BCUT2D eigenvalue weighted by Crippen LogP contribution is 2.25. The van der Waals surface area contributed by atoms with Gasteiger partial charge in [0.05, 0.1) is 6.61 Å². The molecule has 2 unspecified atom stereocenters. The summed E-state index contributed by atoms with van der Waals surface area (Å²) in [6.45, 7) is 11.2. The van der Waals surface area contributed by atoms with Gasteiger partial charge in [0.25, 0.3) is 0 Å². The molecular formula is C25H41N3O5S. The Labute approximate surface area is 209 Å². The third-order valence-corrected chi connectivity index (χ3v) is 5.65. The van der Waals surface area contributed by atoms with E-state index in [9.17, 15) is 19.5 Å². The zero-order chi connectivity index (χ0) is 25.9. The molecule has 3 N–H and O–H groups in total. The molecule has 0 bridgehead atoms. The van der Waals surface area contributed by atoms with Gasteiger partial charge in [-0.15, -0.1) is 0 Å². The van der Waals surface area contributed by atoms with Gasteiger partial charge in [0.15, 0.2) is 0 Å². The van der Waals surface area contributed by atoms with E-state index in [2.05, 4.69) is 30.2 Å². The van der Waals surface area contributed by atoms with E-state index in [4.69, 9.17) is 4.74 Å². The summed E-state index contributed by atoms with van der Waals surface area (Å²) in [6.07, 6.45) is 2.08. The SMILES string of the molecule is CCCCCNC(=O)C(c1ccc(C)c(C)c1)N(CCO)C(=O)C(CS)NC(=O)OC(C)(C)C. The Hall–Kier alpha value is -2.26. The molecule has 0 spiro atoms. The fraction of sp³-hybridized carbons (Fsp3) is 0.640. The third kappa shape index (κ3) is 9.54. The van der Waals surface area contributed by atoms with Gasteiger partial charge in [-0.1, -0.05) is 38.0 Å². The predicted octanol–water partition coefficient (Wildman–Crippen LogP) is 3.29. The number of carbonyl (C=O) groups excluding carboxylic acids is 3. The topological polar surface area (TPSA) is 108 Å². The molecule has 192 valence electrons. The largest absolute Gasteiger partial charge is 0.444 e. The van der Waals surface area contributed by atoms with Crippen LogP contribution in [0.25, 0.3) is 0 Å². The zero-order valence-corrected chi connectivity index (χ0v) is 22.2. The minimum absolute atomic E-state index is 0.00221. The molecule has 0 fully saturated rings. The third-order valence-electron chi connectivity index (χ3n) is 5.28. The molecule has 0 radical (unpaired) electrons. The summed E-state index contributed by atoms with van der Waals surface area (Å²) in [4.78, 5) is 40.5. The van der Waals surface area contributed by atoms with Crippen LogP contribution in [0.15, 0.2) is 18.2 Å².